The second-order valence-corrected chi connectivity index (χ2v) is 4.10. The van der Waals surface area contributed by atoms with Crippen LogP contribution in [0.3, 0.4) is 0 Å². The molecule has 0 bridgehead atoms. The Kier molecular flexibility index (Phi) is 3.14. The van der Waals surface area contributed by atoms with E-state index in [1.54, 1.807) is 11.1 Å². The van der Waals surface area contributed by atoms with Crippen molar-refractivity contribution in [2.24, 2.45) is 5.73 Å². The molecule has 1 aliphatic heterocycles. The van der Waals surface area contributed by atoms with E-state index in [0.29, 0.717) is 6.54 Å². The quantitative estimate of drug-likeness (QED) is 0.774. The van der Waals surface area contributed by atoms with Crippen LogP contribution < -0.4 is 5.73 Å². The minimum atomic E-state index is -0.336. The normalized spacial score (nSPS) is 21.2. The van der Waals surface area contributed by atoms with Gasteiger partial charge in [-0.15, -0.1) is 0 Å². The van der Waals surface area contributed by atoms with Gasteiger partial charge in [-0.25, -0.2) is 9.97 Å². The molecule has 1 saturated heterocycles. The fraction of sp³-hybridized carbons (Fsp3) is 0.545. The maximum Gasteiger partial charge on any atom is 0.239 e. The topological polar surface area (TPSA) is 72.1 Å². The standard InChI is InChI=1S/C11H16N4O/c1-8-13-5-4-9(14-8)7-15-6-2-3-10(12)11(15)16/h4-5,10H,2-3,6-7,12H2,1H3. The van der Waals surface area contributed by atoms with Gasteiger partial charge in [0.2, 0.25) is 5.91 Å². The first-order chi connectivity index (χ1) is 7.66. The fourth-order valence-electron chi connectivity index (χ4n) is 1.92. The lowest BCUT2D eigenvalue weighted by molar-refractivity contribution is -0.135. The number of rotatable bonds is 2. The predicted octanol–water partition coefficient (Wildman–Crippen LogP) is 0.235. The molecule has 1 aromatic rings. The zero-order valence-electron chi connectivity index (χ0n) is 9.39. The van der Waals surface area contributed by atoms with Crippen molar-refractivity contribution < 1.29 is 4.79 Å². The van der Waals surface area contributed by atoms with Gasteiger partial charge in [-0.1, -0.05) is 0 Å². The van der Waals surface area contributed by atoms with Crippen LogP contribution >= 0.6 is 0 Å². The second-order valence-electron chi connectivity index (χ2n) is 4.10. The van der Waals surface area contributed by atoms with Gasteiger partial charge in [0.25, 0.3) is 0 Å². The summed E-state index contributed by atoms with van der Waals surface area (Å²) in [6.07, 6.45) is 3.47. The Labute approximate surface area is 94.7 Å². The first-order valence-corrected chi connectivity index (χ1v) is 5.50. The minimum Gasteiger partial charge on any atom is -0.335 e. The van der Waals surface area contributed by atoms with Gasteiger partial charge < -0.3 is 10.6 Å². The number of nitrogens with zero attached hydrogens (tertiary/aromatic N) is 3. The molecule has 16 heavy (non-hydrogen) atoms. The number of carbonyl (C=O) groups excluding carboxylic acids is 1. The molecule has 1 unspecified atom stereocenters. The smallest absolute Gasteiger partial charge is 0.239 e. The van der Waals surface area contributed by atoms with Crippen molar-refractivity contribution in [2.45, 2.75) is 32.4 Å². The monoisotopic (exact) mass is 220 g/mol. The van der Waals surface area contributed by atoms with Crippen molar-refractivity contribution in [2.75, 3.05) is 6.54 Å². The van der Waals surface area contributed by atoms with Crippen LogP contribution in [-0.4, -0.2) is 33.4 Å². The zero-order chi connectivity index (χ0) is 11.5. The number of amides is 1. The molecule has 2 rings (SSSR count). The summed E-state index contributed by atoms with van der Waals surface area (Å²) in [4.78, 5) is 21.9. The van der Waals surface area contributed by atoms with E-state index in [4.69, 9.17) is 5.73 Å². The Morgan fingerprint density at radius 2 is 2.44 bits per heavy atom. The number of hydrogen-bond donors (Lipinski definition) is 1. The summed E-state index contributed by atoms with van der Waals surface area (Å²) in [5, 5.41) is 0. The molecule has 5 nitrogen and oxygen atoms in total. The van der Waals surface area contributed by atoms with E-state index >= 15 is 0 Å². The van der Waals surface area contributed by atoms with Crippen LogP contribution in [0.2, 0.25) is 0 Å². The number of nitrogens with two attached hydrogens (primary N) is 1. The average Bonchev–Trinajstić information content (AvgIpc) is 2.25. The van der Waals surface area contributed by atoms with Crippen molar-refractivity contribution in [1.82, 2.24) is 14.9 Å². The number of hydrogen-bond acceptors (Lipinski definition) is 4. The Hall–Kier alpha value is -1.49. The highest BCUT2D eigenvalue weighted by Gasteiger charge is 2.25. The molecule has 1 amide bonds. The Morgan fingerprint density at radius 1 is 1.62 bits per heavy atom. The molecule has 1 aliphatic rings. The summed E-state index contributed by atoms with van der Waals surface area (Å²) in [6.45, 7) is 3.15. The van der Waals surface area contributed by atoms with Crippen molar-refractivity contribution in [3.05, 3.63) is 23.8 Å². The Balaban J connectivity index is 2.06. The van der Waals surface area contributed by atoms with Gasteiger partial charge in [0.05, 0.1) is 18.3 Å². The molecule has 2 N–H and O–H groups in total. The molecular formula is C11H16N4O. The molecule has 0 saturated carbocycles. The van der Waals surface area contributed by atoms with Crippen molar-refractivity contribution in [1.29, 1.82) is 0 Å². The van der Waals surface area contributed by atoms with Gasteiger partial charge in [-0.05, 0) is 25.8 Å². The summed E-state index contributed by atoms with van der Waals surface area (Å²) < 4.78 is 0. The molecule has 0 radical (unpaired) electrons. The van der Waals surface area contributed by atoms with Crippen LogP contribution in [0.5, 0.6) is 0 Å². The highest BCUT2D eigenvalue weighted by Crippen LogP contribution is 2.12. The molecule has 5 heteroatoms. The van der Waals surface area contributed by atoms with E-state index in [1.807, 2.05) is 13.0 Å². The van der Waals surface area contributed by atoms with E-state index in [-0.39, 0.29) is 11.9 Å². The molecule has 2 heterocycles. The van der Waals surface area contributed by atoms with Gasteiger partial charge in [0, 0.05) is 12.7 Å². The fourth-order valence-corrected chi connectivity index (χ4v) is 1.92. The highest BCUT2D eigenvalue weighted by molar-refractivity contribution is 5.82. The molecule has 0 aromatic carbocycles. The number of aromatic nitrogens is 2. The number of carbonyl (C=O) groups is 1. The van der Waals surface area contributed by atoms with Gasteiger partial charge in [-0.2, -0.15) is 0 Å². The van der Waals surface area contributed by atoms with Crippen molar-refractivity contribution >= 4 is 5.91 Å². The molecule has 1 aromatic heterocycles. The van der Waals surface area contributed by atoms with Crippen molar-refractivity contribution in [3.8, 4) is 0 Å². The van der Waals surface area contributed by atoms with Crippen LogP contribution in [0.4, 0.5) is 0 Å². The summed E-state index contributed by atoms with van der Waals surface area (Å²) in [5.74, 6) is 0.758. The molecular weight excluding hydrogens is 204 g/mol. The van der Waals surface area contributed by atoms with Crippen LogP contribution in [0, 0.1) is 6.92 Å². The van der Waals surface area contributed by atoms with Crippen LogP contribution in [-0.2, 0) is 11.3 Å². The molecule has 1 fully saturated rings. The average molecular weight is 220 g/mol. The van der Waals surface area contributed by atoms with Gasteiger partial charge in [0.1, 0.15) is 5.82 Å². The second kappa shape index (κ2) is 4.57. The number of likely N-dealkylation sites (tertiary alicyclic amines) is 1. The third kappa shape index (κ3) is 2.36. The molecule has 0 spiro atoms. The van der Waals surface area contributed by atoms with Crippen LogP contribution in [0.15, 0.2) is 12.3 Å². The lowest BCUT2D eigenvalue weighted by Crippen LogP contribution is -2.47. The highest BCUT2D eigenvalue weighted by atomic mass is 16.2. The van der Waals surface area contributed by atoms with Crippen LogP contribution in [0.25, 0.3) is 0 Å². The molecule has 1 atom stereocenters. The summed E-state index contributed by atoms with van der Waals surface area (Å²) >= 11 is 0. The minimum absolute atomic E-state index is 0.0301. The third-order valence-electron chi connectivity index (χ3n) is 2.76. The first-order valence-electron chi connectivity index (χ1n) is 5.50. The van der Waals surface area contributed by atoms with Crippen molar-refractivity contribution in [3.63, 3.8) is 0 Å². The third-order valence-corrected chi connectivity index (χ3v) is 2.76. The lowest BCUT2D eigenvalue weighted by Gasteiger charge is -2.30. The number of piperidine rings is 1. The lowest BCUT2D eigenvalue weighted by atomic mass is 10.1. The molecule has 86 valence electrons. The Morgan fingerprint density at radius 3 is 3.19 bits per heavy atom. The summed E-state index contributed by atoms with van der Waals surface area (Å²) in [7, 11) is 0. The van der Waals surface area contributed by atoms with Gasteiger partial charge in [0.15, 0.2) is 0 Å². The zero-order valence-corrected chi connectivity index (χ0v) is 9.39. The number of aryl methyl sites for hydroxylation is 1. The molecule has 0 aliphatic carbocycles. The SMILES string of the molecule is Cc1nccc(CN2CCCC(N)C2=O)n1. The predicted molar refractivity (Wildman–Crippen MR) is 59.4 cm³/mol. The van der Waals surface area contributed by atoms with Gasteiger partial charge in [-0.3, -0.25) is 4.79 Å². The largest absolute Gasteiger partial charge is 0.335 e. The summed E-state index contributed by atoms with van der Waals surface area (Å²) in [6, 6.07) is 1.50. The van der Waals surface area contributed by atoms with E-state index in [1.165, 1.54) is 0 Å². The van der Waals surface area contributed by atoms with E-state index < -0.39 is 0 Å². The summed E-state index contributed by atoms with van der Waals surface area (Å²) in [5.41, 5.74) is 6.60. The van der Waals surface area contributed by atoms with Crippen LogP contribution in [0.1, 0.15) is 24.4 Å². The Bertz CT molecular complexity index is 393. The maximum atomic E-state index is 11.8. The van der Waals surface area contributed by atoms with Gasteiger partial charge >= 0.3 is 0 Å². The maximum absolute atomic E-state index is 11.8. The first kappa shape index (κ1) is 11.0. The van der Waals surface area contributed by atoms with E-state index in [2.05, 4.69) is 9.97 Å². The van der Waals surface area contributed by atoms with E-state index in [0.717, 1.165) is 30.9 Å². The van der Waals surface area contributed by atoms with E-state index in [9.17, 15) is 4.79 Å².